The summed E-state index contributed by atoms with van der Waals surface area (Å²) in [4.78, 5) is 0. The SMILES string of the molecule is OC1(CCCC2CCCO2)CCOC1. The summed E-state index contributed by atoms with van der Waals surface area (Å²) < 4.78 is 10.7. The van der Waals surface area contributed by atoms with E-state index in [9.17, 15) is 5.11 Å². The van der Waals surface area contributed by atoms with Crippen molar-refractivity contribution in [1.82, 2.24) is 0 Å². The minimum atomic E-state index is -0.529. The molecule has 2 saturated heterocycles. The molecule has 3 nitrogen and oxygen atoms in total. The van der Waals surface area contributed by atoms with E-state index in [2.05, 4.69) is 0 Å². The van der Waals surface area contributed by atoms with Crippen LogP contribution in [0.4, 0.5) is 0 Å². The van der Waals surface area contributed by atoms with Gasteiger partial charge in [-0.1, -0.05) is 0 Å². The number of rotatable bonds is 4. The van der Waals surface area contributed by atoms with E-state index < -0.39 is 5.60 Å². The summed E-state index contributed by atoms with van der Waals surface area (Å²) in [5.74, 6) is 0. The molecule has 2 aliphatic heterocycles. The maximum absolute atomic E-state index is 10.00. The van der Waals surface area contributed by atoms with Gasteiger partial charge in [-0.25, -0.2) is 0 Å². The van der Waals surface area contributed by atoms with Gasteiger partial charge in [0.25, 0.3) is 0 Å². The Morgan fingerprint density at radius 2 is 2.29 bits per heavy atom. The number of ether oxygens (including phenoxy) is 2. The molecule has 2 unspecified atom stereocenters. The van der Waals surface area contributed by atoms with Gasteiger partial charge in [0.1, 0.15) is 0 Å². The van der Waals surface area contributed by atoms with Crippen molar-refractivity contribution in [1.29, 1.82) is 0 Å². The van der Waals surface area contributed by atoms with Gasteiger partial charge in [-0.05, 0) is 32.1 Å². The van der Waals surface area contributed by atoms with Gasteiger partial charge >= 0.3 is 0 Å². The van der Waals surface area contributed by atoms with Crippen LogP contribution in [0.5, 0.6) is 0 Å². The van der Waals surface area contributed by atoms with Crippen molar-refractivity contribution < 1.29 is 14.6 Å². The van der Waals surface area contributed by atoms with E-state index in [1.807, 2.05) is 0 Å². The van der Waals surface area contributed by atoms with Gasteiger partial charge in [0, 0.05) is 19.6 Å². The lowest BCUT2D eigenvalue weighted by Crippen LogP contribution is -2.28. The third kappa shape index (κ3) is 2.69. The zero-order valence-electron chi connectivity index (χ0n) is 8.71. The molecule has 2 atom stereocenters. The molecule has 0 aliphatic carbocycles. The van der Waals surface area contributed by atoms with E-state index in [4.69, 9.17) is 9.47 Å². The zero-order chi connectivity index (χ0) is 9.86. The van der Waals surface area contributed by atoms with Crippen molar-refractivity contribution in [3.8, 4) is 0 Å². The molecule has 2 rings (SSSR count). The Balaban J connectivity index is 1.61. The molecular weight excluding hydrogens is 180 g/mol. The topological polar surface area (TPSA) is 38.7 Å². The monoisotopic (exact) mass is 200 g/mol. The largest absolute Gasteiger partial charge is 0.387 e. The highest BCUT2D eigenvalue weighted by molar-refractivity contribution is 4.82. The van der Waals surface area contributed by atoms with Crippen LogP contribution in [-0.2, 0) is 9.47 Å². The summed E-state index contributed by atoms with van der Waals surface area (Å²) in [5, 5.41) is 10.00. The first-order valence-corrected chi connectivity index (χ1v) is 5.70. The predicted octanol–water partition coefficient (Wildman–Crippen LogP) is 1.49. The third-order valence-corrected chi connectivity index (χ3v) is 3.27. The van der Waals surface area contributed by atoms with Gasteiger partial charge in [-0.2, -0.15) is 0 Å². The fourth-order valence-electron chi connectivity index (χ4n) is 2.32. The van der Waals surface area contributed by atoms with Crippen molar-refractivity contribution in [2.45, 2.75) is 50.2 Å². The van der Waals surface area contributed by atoms with Crippen molar-refractivity contribution in [3.63, 3.8) is 0 Å². The smallest absolute Gasteiger partial charge is 0.0902 e. The average molecular weight is 200 g/mol. The Morgan fingerprint density at radius 1 is 1.36 bits per heavy atom. The lowest BCUT2D eigenvalue weighted by atomic mass is 9.95. The number of aliphatic hydroxyl groups is 1. The first kappa shape index (κ1) is 10.4. The molecule has 0 aromatic carbocycles. The Labute approximate surface area is 85.4 Å². The molecule has 0 radical (unpaired) electrons. The van der Waals surface area contributed by atoms with Crippen LogP contribution in [0.1, 0.15) is 38.5 Å². The van der Waals surface area contributed by atoms with E-state index in [1.165, 1.54) is 12.8 Å². The summed E-state index contributed by atoms with van der Waals surface area (Å²) in [7, 11) is 0. The van der Waals surface area contributed by atoms with Crippen molar-refractivity contribution in [2.75, 3.05) is 19.8 Å². The van der Waals surface area contributed by atoms with E-state index >= 15 is 0 Å². The fourth-order valence-corrected chi connectivity index (χ4v) is 2.32. The molecular formula is C11H20O3. The van der Waals surface area contributed by atoms with Crippen LogP contribution in [0.25, 0.3) is 0 Å². The summed E-state index contributed by atoms with van der Waals surface area (Å²) in [6.45, 7) is 2.17. The minimum absolute atomic E-state index is 0.459. The van der Waals surface area contributed by atoms with Gasteiger partial charge in [0.05, 0.1) is 18.3 Å². The van der Waals surface area contributed by atoms with Crippen LogP contribution in [-0.4, -0.2) is 36.6 Å². The van der Waals surface area contributed by atoms with Gasteiger partial charge < -0.3 is 14.6 Å². The van der Waals surface area contributed by atoms with E-state index in [-0.39, 0.29) is 0 Å². The van der Waals surface area contributed by atoms with Crippen LogP contribution in [0.15, 0.2) is 0 Å². The van der Waals surface area contributed by atoms with E-state index in [0.717, 1.165) is 38.9 Å². The van der Waals surface area contributed by atoms with Crippen molar-refractivity contribution in [2.24, 2.45) is 0 Å². The Morgan fingerprint density at radius 3 is 2.93 bits per heavy atom. The molecule has 2 fully saturated rings. The van der Waals surface area contributed by atoms with Crippen LogP contribution in [0, 0.1) is 0 Å². The Hall–Kier alpha value is -0.120. The molecule has 1 N–H and O–H groups in total. The summed E-state index contributed by atoms with van der Waals surface area (Å²) in [6.07, 6.45) is 6.70. The molecule has 82 valence electrons. The van der Waals surface area contributed by atoms with Gasteiger partial charge in [-0.15, -0.1) is 0 Å². The second kappa shape index (κ2) is 4.60. The Kier molecular flexibility index (Phi) is 3.42. The first-order chi connectivity index (χ1) is 6.79. The maximum atomic E-state index is 10.00. The normalized spacial score (nSPS) is 37.9. The molecule has 0 aromatic rings. The van der Waals surface area contributed by atoms with Crippen LogP contribution >= 0.6 is 0 Å². The predicted molar refractivity (Wildman–Crippen MR) is 53.2 cm³/mol. The number of hydrogen-bond donors (Lipinski definition) is 1. The second-order valence-corrected chi connectivity index (χ2v) is 4.55. The lowest BCUT2D eigenvalue weighted by Gasteiger charge is -2.20. The standard InChI is InChI=1S/C11H20O3/c12-11(6-8-13-9-11)5-1-3-10-4-2-7-14-10/h10,12H,1-9H2. The highest BCUT2D eigenvalue weighted by Crippen LogP contribution is 2.26. The summed E-state index contributed by atoms with van der Waals surface area (Å²) in [6, 6.07) is 0. The van der Waals surface area contributed by atoms with Crippen molar-refractivity contribution >= 4 is 0 Å². The molecule has 0 saturated carbocycles. The van der Waals surface area contributed by atoms with E-state index in [0.29, 0.717) is 12.7 Å². The molecule has 3 heteroatoms. The van der Waals surface area contributed by atoms with Crippen LogP contribution in [0.2, 0.25) is 0 Å². The van der Waals surface area contributed by atoms with Crippen molar-refractivity contribution in [3.05, 3.63) is 0 Å². The van der Waals surface area contributed by atoms with Gasteiger partial charge in [-0.3, -0.25) is 0 Å². The molecule has 0 bridgehead atoms. The molecule has 0 aromatic heterocycles. The third-order valence-electron chi connectivity index (χ3n) is 3.27. The zero-order valence-corrected chi connectivity index (χ0v) is 8.71. The van der Waals surface area contributed by atoms with Gasteiger partial charge in [0.2, 0.25) is 0 Å². The minimum Gasteiger partial charge on any atom is -0.387 e. The number of hydrogen-bond acceptors (Lipinski definition) is 3. The highest BCUT2D eigenvalue weighted by atomic mass is 16.5. The molecule has 2 aliphatic rings. The van der Waals surface area contributed by atoms with E-state index in [1.54, 1.807) is 0 Å². The fraction of sp³-hybridized carbons (Fsp3) is 1.00. The second-order valence-electron chi connectivity index (χ2n) is 4.55. The molecule has 0 amide bonds. The molecule has 14 heavy (non-hydrogen) atoms. The first-order valence-electron chi connectivity index (χ1n) is 5.70. The Bertz CT molecular complexity index is 169. The van der Waals surface area contributed by atoms with Crippen LogP contribution < -0.4 is 0 Å². The molecule has 2 heterocycles. The van der Waals surface area contributed by atoms with Crippen LogP contribution in [0.3, 0.4) is 0 Å². The van der Waals surface area contributed by atoms with Gasteiger partial charge in [0.15, 0.2) is 0 Å². The highest BCUT2D eigenvalue weighted by Gasteiger charge is 2.31. The lowest BCUT2D eigenvalue weighted by molar-refractivity contribution is 0.0129. The summed E-state index contributed by atoms with van der Waals surface area (Å²) >= 11 is 0. The summed E-state index contributed by atoms with van der Waals surface area (Å²) in [5.41, 5.74) is -0.529. The average Bonchev–Trinajstić information content (AvgIpc) is 2.77. The molecule has 0 spiro atoms. The quantitative estimate of drug-likeness (QED) is 0.747. The maximum Gasteiger partial charge on any atom is 0.0902 e.